The second-order valence-electron chi connectivity index (χ2n) is 6.13. The van der Waals surface area contributed by atoms with Crippen LogP contribution < -0.4 is 10.0 Å². The van der Waals surface area contributed by atoms with Crippen molar-refractivity contribution in [2.24, 2.45) is 0 Å². The molecule has 20 heavy (non-hydrogen) atoms. The van der Waals surface area contributed by atoms with Gasteiger partial charge in [0.1, 0.15) is 0 Å². The van der Waals surface area contributed by atoms with Gasteiger partial charge in [0, 0.05) is 27.9 Å². The molecule has 6 heteroatoms. The van der Waals surface area contributed by atoms with Crippen LogP contribution in [0.5, 0.6) is 0 Å². The molecule has 114 valence electrons. The molecule has 0 aliphatic heterocycles. The Morgan fingerprint density at radius 2 is 2.05 bits per heavy atom. The molecule has 1 heterocycles. The van der Waals surface area contributed by atoms with Gasteiger partial charge >= 0.3 is 0 Å². The van der Waals surface area contributed by atoms with Gasteiger partial charge in [0.15, 0.2) is 0 Å². The van der Waals surface area contributed by atoms with Gasteiger partial charge in [-0.05, 0) is 46.1 Å². The minimum atomic E-state index is -3.43. The minimum Gasteiger partial charge on any atom is -0.309 e. The molecule has 0 amide bonds. The maximum atomic E-state index is 12.5. The number of hydrogen-bond donors (Lipinski definition) is 2. The summed E-state index contributed by atoms with van der Waals surface area (Å²) in [4.78, 5) is 2.37. The van der Waals surface area contributed by atoms with Crippen molar-refractivity contribution in [3.8, 4) is 0 Å². The van der Waals surface area contributed by atoms with Crippen molar-refractivity contribution in [1.82, 2.24) is 10.0 Å². The molecule has 1 saturated carbocycles. The average Bonchev–Trinajstić information content (AvgIpc) is 3.08. The molecule has 1 aliphatic carbocycles. The number of aryl methyl sites for hydroxylation is 1. The maximum Gasteiger partial charge on any atom is 0.242 e. The van der Waals surface area contributed by atoms with Crippen LogP contribution in [0.2, 0.25) is 0 Å². The van der Waals surface area contributed by atoms with Gasteiger partial charge in [0.2, 0.25) is 10.0 Å². The van der Waals surface area contributed by atoms with E-state index in [1.54, 1.807) is 11.3 Å². The van der Waals surface area contributed by atoms with E-state index in [2.05, 4.69) is 10.0 Å². The molecule has 4 nitrogen and oxygen atoms in total. The summed E-state index contributed by atoms with van der Waals surface area (Å²) < 4.78 is 27.7. The first-order valence-corrected chi connectivity index (χ1v) is 9.40. The van der Waals surface area contributed by atoms with Crippen molar-refractivity contribution >= 4 is 21.4 Å². The largest absolute Gasteiger partial charge is 0.309 e. The topological polar surface area (TPSA) is 58.2 Å². The van der Waals surface area contributed by atoms with E-state index in [1.165, 1.54) is 12.8 Å². The Labute approximate surface area is 126 Å². The van der Waals surface area contributed by atoms with Crippen LogP contribution in [0.25, 0.3) is 0 Å². The minimum absolute atomic E-state index is 0.417. The molecule has 1 aromatic rings. The standard InChI is InChI=1S/C14H24N2O2S2/c1-5-14(3,4)16-20(17,18)13-8-12(19-10(13)2)9-15-11-6-7-11/h8,11,15-16H,5-7,9H2,1-4H3. The Kier molecular flexibility index (Phi) is 4.59. The van der Waals surface area contributed by atoms with Crippen LogP contribution in [0.1, 0.15) is 49.8 Å². The zero-order valence-electron chi connectivity index (χ0n) is 12.6. The summed E-state index contributed by atoms with van der Waals surface area (Å²) in [6.07, 6.45) is 3.23. The highest BCUT2D eigenvalue weighted by Gasteiger charge is 2.27. The summed E-state index contributed by atoms with van der Waals surface area (Å²) in [7, 11) is -3.43. The third kappa shape index (κ3) is 4.04. The van der Waals surface area contributed by atoms with Crippen molar-refractivity contribution < 1.29 is 8.42 Å². The molecule has 2 rings (SSSR count). The Balaban J connectivity index is 2.13. The Hall–Kier alpha value is -0.430. The second-order valence-corrected chi connectivity index (χ2v) is 9.12. The third-order valence-corrected chi connectivity index (χ3v) is 6.65. The summed E-state index contributed by atoms with van der Waals surface area (Å²) in [5, 5.41) is 3.42. The van der Waals surface area contributed by atoms with E-state index in [1.807, 2.05) is 33.8 Å². The van der Waals surface area contributed by atoms with Crippen LogP contribution in [0.4, 0.5) is 0 Å². The van der Waals surface area contributed by atoms with Crippen LogP contribution in [0.15, 0.2) is 11.0 Å². The fourth-order valence-electron chi connectivity index (χ4n) is 1.90. The normalized spacial score (nSPS) is 16.6. The van der Waals surface area contributed by atoms with E-state index < -0.39 is 15.6 Å². The second kappa shape index (κ2) is 5.75. The lowest BCUT2D eigenvalue weighted by Gasteiger charge is -2.24. The van der Waals surface area contributed by atoms with E-state index in [0.29, 0.717) is 10.9 Å². The molecule has 2 N–H and O–H groups in total. The highest BCUT2D eigenvalue weighted by Crippen LogP contribution is 2.28. The first-order chi connectivity index (χ1) is 9.23. The predicted octanol–water partition coefficient (Wildman–Crippen LogP) is 2.78. The molecule has 0 bridgehead atoms. The first-order valence-electron chi connectivity index (χ1n) is 7.10. The van der Waals surface area contributed by atoms with Crippen LogP contribution in [0.3, 0.4) is 0 Å². The Morgan fingerprint density at radius 1 is 1.40 bits per heavy atom. The first kappa shape index (κ1) is 15.9. The molecule has 0 spiro atoms. The summed E-state index contributed by atoms with van der Waals surface area (Å²) in [6.45, 7) is 8.43. The third-order valence-electron chi connectivity index (χ3n) is 3.65. The van der Waals surface area contributed by atoms with E-state index in [0.717, 1.165) is 22.7 Å². The summed E-state index contributed by atoms with van der Waals surface area (Å²) in [6, 6.07) is 2.44. The fourth-order valence-corrected chi connectivity index (χ4v) is 4.97. The highest BCUT2D eigenvalue weighted by atomic mass is 32.2. The molecule has 0 radical (unpaired) electrons. The molecule has 1 aromatic heterocycles. The van der Waals surface area contributed by atoms with Gasteiger partial charge < -0.3 is 5.32 Å². The van der Waals surface area contributed by atoms with E-state index >= 15 is 0 Å². The maximum absolute atomic E-state index is 12.5. The molecule has 0 unspecified atom stereocenters. The fraction of sp³-hybridized carbons (Fsp3) is 0.714. The van der Waals surface area contributed by atoms with Gasteiger partial charge in [-0.25, -0.2) is 13.1 Å². The van der Waals surface area contributed by atoms with Crippen LogP contribution in [-0.4, -0.2) is 20.0 Å². The number of nitrogens with one attached hydrogen (secondary N) is 2. The van der Waals surface area contributed by atoms with Gasteiger partial charge in [-0.2, -0.15) is 0 Å². The summed E-state index contributed by atoms with van der Waals surface area (Å²) in [5.41, 5.74) is -0.417. The molecular weight excluding hydrogens is 292 g/mol. The number of thiophene rings is 1. The lowest BCUT2D eigenvalue weighted by Crippen LogP contribution is -2.42. The van der Waals surface area contributed by atoms with Crippen LogP contribution in [0, 0.1) is 6.92 Å². The van der Waals surface area contributed by atoms with Gasteiger partial charge in [0.05, 0.1) is 4.90 Å². The van der Waals surface area contributed by atoms with Crippen molar-refractivity contribution in [3.63, 3.8) is 0 Å². The monoisotopic (exact) mass is 316 g/mol. The van der Waals surface area contributed by atoms with E-state index in [4.69, 9.17) is 0 Å². The molecule has 0 atom stereocenters. The van der Waals surface area contributed by atoms with Gasteiger partial charge in [-0.1, -0.05) is 6.92 Å². The molecular formula is C14H24N2O2S2. The Morgan fingerprint density at radius 3 is 2.60 bits per heavy atom. The highest BCUT2D eigenvalue weighted by molar-refractivity contribution is 7.89. The number of sulfonamides is 1. The van der Waals surface area contributed by atoms with Crippen molar-refractivity contribution in [3.05, 3.63) is 15.8 Å². The van der Waals surface area contributed by atoms with Crippen LogP contribution >= 0.6 is 11.3 Å². The predicted molar refractivity (Wildman–Crippen MR) is 83.6 cm³/mol. The van der Waals surface area contributed by atoms with Crippen LogP contribution in [-0.2, 0) is 16.6 Å². The lowest BCUT2D eigenvalue weighted by molar-refractivity contribution is 0.439. The number of hydrogen-bond acceptors (Lipinski definition) is 4. The van der Waals surface area contributed by atoms with E-state index in [-0.39, 0.29) is 0 Å². The smallest absolute Gasteiger partial charge is 0.242 e. The van der Waals surface area contributed by atoms with Crippen molar-refractivity contribution in [2.45, 2.75) is 70.0 Å². The zero-order valence-corrected chi connectivity index (χ0v) is 14.2. The van der Waals surface area contributed by atoms with Gasteiger partial charge in [0.25, 0.3) is 0 Å². The van der Waals surface area contributed by atoms with Gasteiger partial charge in [-0.15, -0.1) is 11.3 Å². The summed E-state index contributed by atoms with van der Waals surface area (Å²) in [5.74, 6) is 0. The van der Waals surface area contributed by atoms with Crippen molar-refractivity contribution in [1.29, 1.82) is 0 Å². The van der Waals surface area contributed by atoms with E-state index in [9.17, 15) is 8.42 Å². The quantitative estimate of drug-likeness (QED) is 0.813. The van der Waals surface area contributed by atoms with Gasteiger partial charge in [-0.3, -0.25) is 0 Å². The zero-order chi connectivity index (χ0) is 15.0. The lowest BCUT2D eigenvalue weighted by atomic mass is 10.0. The molecule has 0 aromatic carbocycles. The average molecular weight is 316 g/mol. The SMILES string of the molecule is CCC(C)(C)NS(=O)(=O)c1cc(CNC2CC2)sc1C. The molecule has 1 fully saturated rings. The van der Waals surface area contributed by atoms with Crippen molar-refractivity contribution in [2.75, 3.05) is 0 Å². The molecule has 0 saturated heterocycles. The molecule has 1 aliphatic rings. The Bertz CT molecular complexity index is 572. The number of rotatable bonds is 7. The summed E-state index contributed by atoms with van der Waals surface area (Å²) >= 11 is 1.56.